The van der Waals surface area contributed by atoms with Gasteiger partial charge in [-0.05, 0) is 6.92 Å². The summed E-state index contributed by atoms with van der Waals surface area (Å²) in [6, 6.07) is 0. The Labute approximate surface area is 216 Å². The average molecular weight is 565 g/mol. The van der Waals surface area contributed by atoms with Crippen LogP contribution in [0.5, 0.6) is 0 Å². The van der Waals surface area contributed by atoms with E-state index in [2.05, 4.69) is 12.6 Å². The summed E-state index contributed by atoms with van der Waals surface area (Å²) in [4.78, 5) is 11.7. The number of aliphatic hydroxyl groups is 11. The molecule has 2 saturated heterocycles. The van der Waals surface area contributed by atoms with Gasteiger partial charge in [-0.1, -0.05) is 0 Å². The number of ketones is 1. The van der Waals surface area contributed by atoms with Crippen LogP contribution in [0, 0.1) is 0 Å². The summed E-state index contributed by atoms with van der Waals surface area (Å²) in [6.45, 7) is -0.837. The van der Waals surface area contributed by atoms with Gasteiger partial charge < -0.3 is 75.1 Å². The molecule has 0 amide bonds. The lowest BCUT2D eigenvalue weighted by atomic mass is 9.98. The fraction of sp³-hybridized carbons (Fsp3) is 0.950. The highest BCUT2D eigenvalue weighted by atomic mass is 32.1. The molecule has 15 atom stereocenters. The zero-order valence-electron chi connectivity index (χ0n) is 19.7. The minimum atomic E-state index is -2.11. The third kappa shape index (κ3) is 7.76. The molecule has 0 saturated carbocycles. The molecule has 0 aromatic rings. The first-order chi connectivity index (χ1) is 17.2. The summed E-state index contributed by atoms with van der Waals surface area (Å²) in [5, 5.41) is 108. The number of Topliss-reactive ketones (excluding diaryl/α,β-unsaturated/α-hetero) is 1. The van der Waals surface area contributed by atoms with E-state index in [1.165, 1.54) is 6.92 Å². The van der Waals surface area contributed by atoms with Gasteiger partial charge in [0.15, 0.2) is 18.4 Å². The largest absolute Gasteiger partial charge is 0.394 e. The van der Waals surface area contributed by atoms with Crippen LogP contribution in [0.15, 0.2) is 0 Å². The second kappa shape index (κ2) is 14.2. The van der Waals surface area contributed by atoms with E-state index in [9.17, 15) is 61.0 Å². The van der Waals surface area contributed by atoms with Crippen molar-refractivity contribution in [1.29, 1.82) is 0 Å². The zero-order chi connectivity index (χ0) is 28.2. The number of thiol groups is 1. The minimum absolute atomic E-state index is 0.617. The summed E-state index contributed by atoms with van der Waals surface area (Å²) >= 11 is 3.82. The number of carbonyl (C=O) groups excluding carboxylic acids is 1. The van der Waals surface area contributed by atoms with Crippen LogP contribution in [0.3, 0.4) is 0 Å². The van der Waals surface area contributed by atoms with Crippen molar-refractivity contribution >= 4 is 18.4 Å². The van der Waals surface area contributed by atoms with Crippen LogP contribution >= 0.6 is 12.6 Å². The number of hydrogen-bond donors (Lipinski definition) is 12. The number of carbonyl (C=O) groups is 1. The fourth-order valence-electron chi connectivity index (χ4n) is 3.71. The molecule has 0 aromatic carbocycles. The number of hydrogen-bond acceptors (Lipinski definition) is 17. The van der Waals surface area contributed by atoms with Gasteiger partial charge in [0.25, 0.3) is 0 Å². The standard InChI is InChI=1S/C20H36O16S/c1-5(37)9(23)13(27)14(28)10(24)6(22)3-33-19-18(32)16(30)12(26)8(36-19)4-34-20-17(31)15(29)11(25)7(2-21)35-20/h5-8,10-22,24-32,37H,2-4H2,1H3/t5?,6-,7-,8-,10-,11-,12-,13+,14+,15+,16+,17-,18-,19+,20+/m1/s1. The van der Waals surface area contributed by atoms with Crippen molar-refractivity contribution in [3.63, 3.8) is 0 Å². The highest BCUT2D eigenvalue weighted by Crippen LogP contribution is 2.26. The first-order valence-corrected chi connectivity index (χ1v) is 11.9. The first kappa shape index (κ1) is 32.6. The van der Waals surface area contributed by atoms with Crippen LogP contribution in [0.2, 0.25) is 0 Å². The fourth-order valence-corrected chi connectivity index (χ4v) is 3.86. The van der Waals surface area contributed by atoms with E-state index in [0.29, 0.717) is 0 Å². The topological polar surface area (TPSA) is 277 Å². The van der Waals surface area contributed by atoms with E-state index in [1.54, 1.807) is 0 Å². The second-order valence-corrected chi connectivity index (χ2v) is 9.72. The highest BCUT2D eigenvalue weighted by molar-refractivity contribution is 7.81. The van der Waals surface area contributed by atoms with E-state index in [1.807, 2.05) is 0 Å². The Hall–Kier alpha value is -0.580. The molecule has 2 aliphatic rings. The molecule has 0 aliphatic carbocycles. The number of aliphatic hydroxyl groups excluding tert-OH is 11. The van der Waals surface area contributed by atoms with Crippen LogP contribution in [-0.2, 0) is 23.7 Å². The van der Waals surface area contributed by atoms with Crippen LogP contribution in [0.25, 0.3) is 0 Å². The molecule has 0 spiro atoms. The molecular formula is C20H36O16S. The third-order valence-electron chi connectivity index (χ3n) is 6.14. The normalized spacial score (nSPS) is 41.0. The van der Waals surface area contributed by atoms with Crippen molar-refractivity contribution in [2.45, 2.75) is 98.0 Å². The lowest BCUT2D eigenvalue weighted by Gasteiger charge is -2.42. The van der Waals surface area contributed by atoms with Crippen LogP contribution in [-0.4, -0.2) is 173 Å². The Balaban J connectivity index is 1.96. The van der Waals surface area contributed by atoms with E-state index in [4.69, 9.17) is 18.9 Å². The van der Waals surface area contributed by atoms with Crippen molar-refractivity contribution in [2.75, 3.05) is 19.8 Å². The van der Waals surface area contributed by atoms with E-state index in [-0.39, 0.29) is 0 Å². The van der Waals surface area contributed by atoms with E-state index in [0.717, 1.165) is 0 Å². The summed E-state index contributed by atoms with van der Waals surface area (Å²) in [5.41, 5.74) is 0. The van der Waals surface area contributed by atoms with Crippen molar-refractivity contribution in [2.24, 2.45) is 0 Å². The maximum atomic E-state index is 11.7. The quantitative estimate of drug-likeness (QED) is 0.0981. The van der Waals surface area contributed by atoms with Crippen molar-refractivity contribution in [1.82, 2.24) is 0 Å². The van der Waals surface area contributed by atoms with Gasteiger partial charge in [-0.25, -0.2) is 0 Å². The summed E-state index contributed by atoms with van der Waals surface area (Å²) < 4.78 is 20.9. The average Bonchev–Trinajstić information content (AvgIpc) is 2.88. The molecule has 11 N–H and O–H groups in total. The predicted molar refractivity (Wildman–Crippen MR) is 120 cm³/mol. The molecule has 0 bridgehead atoms. The van der Waals surface area contributed by atoms with Gasteiger partial charge in [0.05, 0.1) is 25.1 Å². The van der Waals surface area contributed by atoms with Crippen molar-refractivity contribution in [3.05, 3.63) is 0 Å². The molecule has 2 heterocycles. The van der Waals surface area contributed by atoms with E-state index >= 15 is 0 Å². The lowest BCUT2D eigenvalue weighted by Crippen LogP contribution is -2.62. The molecule has 2 rings (SSSR count). The Bertz CT molecular complexity index is 714. The van der Waals surface area contributed by atoms with Crippen LogP contribution in [0.1, 0.15) is 6.92 Å². The molecule has 16 nitrogen and oxygen atoms in total. The SMILES string of the molecule is CC(S)C(=O)[C@H](O)[C@@H](O)[C@H](O)[C@H](O)CO[C@H]1O[C@H](CO[C@H]2O[C@H](CO)[C@@H](O)[C@H](O)[C@H]2O)[C@@H](O)[C@H](O)[C@H]1O. The van der Waals surface area contributed by atoms with Crippen molar-refractivity contribution in [3.8, 4) is 0 Å². The minimum Gasteiger partial charge on any atom is -0.394 e. The number of ether oxygens (including phenoxy) is 4. The Kier molecular flexibility index (Phi) is 12.5. The molecule has 17 heteroatoms. The molecule has 37 heavy (non-hydrogen) atoms. The molecule has 218 valence electrons. The summed E-state index contributed by atoms with van der Waals surface area (Å²) in [5.74, 6) is -0.909. The van der Waals surface area contributed by atoms with Gasteiger partial charge in [-0.15, -0.1) is 0 Å². The van der Waals surface area contributed by atoms with Gasteiger partial charge in [0.2, 0.25) is 0 Å². The summed E-state index contributed by atoms with van der Waals surface area (Å²) in [6.07, 6.45) is -24.7. The van der Waals surface area contributed by atoms with Gasteiger partial charge >= 0.3 is 0 Å². The van der Waals surface area contributed by atoms with Crippen LogP contribution < -0.4 is 0 Å². The maximum absolute atomic E-state index is 11.7. The smallest absolute Gasteiger partial charge is 0.186 e. The van der Waals surface area contributed by atoms with Crippen LogP contribution in [0.4, 0.5) is 0 Å². The maximum Gasteiger partial charge on any atom is 0.186 e. The molecule has 2 fully saturated rings. The molecule has 0 radical (unpaired) electrons. The third-order valence-corrected chi connectivity index (χ3v) is 6.40. The summed E-state index contributed by atoms with van der Waals surface area (Å²) in [7, 11) is 0. The lowest BCUT2D eigenvalue weighted by molar-refractivity contribution is -0.333. The molecular weight excluding hydrogens is 528 g/mol. The monoisotopic (exact) mass is 564 g/mol. The molecule has 1 unspecified atom stereocenters. The highest BCUT2D eigenvalue weighted by Gasteiger charge is 2.48. The molecule has 2 aliphatic heterocycles. The predicted octanol–water partition coefficient (Wildman–Crippen LogP) is -7.04. The zero-order valence-corrected chi connectivity index (χ0v) is 20.6. The first-order valence-electron chi connectivity index (χ1n) is 11.4. The second-order valence-electron chi connectivity index (χ2n) is 8.95. The Morgan fingerprint density at radius 2 is 1.27 bits per heavy atom. The van der Waals surface area contributed by atoms with Crippen molar-refractivity contribution < 1.29 is 79.9 Å². The van der Waals surface area contributed by atoms with Gasteiger partial charge in [-0.3, -0.25) is 4.79 Å². The van der Waals surface area contributed by atoms with Gasteiger partial charge in [0.1, 0.15) is 73.2 Å². The Morgan fingerprint density at radius 3 is 1.78 bits per heavy atom. The van der Waals surface area contributed by atoms with Gasteiger partial charge in [-0.2, -0.15) is 12.6 Å². The Morgan fingerprint density at radius 1 is 0.784 bits per heavy atom. The molecule has 0 aromatic heterocycles. The van der Waals surface area contributed by atoms with Gasteiger partial charge in [0, 0.05) is 0 Å². The number of rotatable bonds is 12. The van der Waals surface area contributed by atoms with E-state index < -0.39 is 117 Å².